The molecule has 0 aliphatic heterocycles. The van der Waals surface area contributed by atoms with E-state index in [2.05, 4.69) is 25.1 Å². The maximum Gasteiger partial charge on any atom is 0.242 e. The third-order valence-electron chi connectivity index (χ3n) is 3.96. The molecule has 0 fully saturated rings. The van der Waals surface area contributed by atoms with Crippen LogP contribution in [0.1, 0.15) is 17.2 Å². The van der Waals surface area contributed by atoms with Gasteiger partial charge in [0.2, 0.25) is 10.0 Å². The van der Waals surface area contributed by atoms with Crippen LogP contribution in [0.15, 0.2) is 35.2 Å². The molecule has 11 heteroatoms. The minimum Gasteiger partial charge on any atom is -0.369 e. The van der Waals surface area contributed by atoms with E-state index in [-0.39, 0.29) is 16.5 Å². The lowest BCUT2D eigenvalue weighted by Gasteiger charge is -2.11. The number of hydrogen-bond donors (Lipinski definition) is 2. The molecular formula is C18H20Cl2N6O2S. The molecule has 0 aliphatic carbocycles. The van der Waals surface area contributed by atoms with Gasteiger partial charge in [-0.3, -0.25) is 0 Å². The Morgan fingerprint density at radius 2 is 1.79 bits per heavy atom. The molecule has 2 heterocycles. The molecule has 0 radical (unpaired) electrons. The Balaban J connectivity index is 1.66. The highest BCUT2D eigenvalue weighted by Gasteiger charge is 2.18. The Morgan fingerprint density at radius 3 is 2.48 bits per heavy atom. The molecule has 2 N–H and O–H groups in total. The van der Waals surface area contributed by atoms with Crippen LogP contribution in [0.25, 0.3) is 5.82 Å². The lowest BCUT2D eigenvalue weighted by atomic mass is 10.4. The number of anilines is 1. The van der Waals surface area contributed by atoms with Crippen LogP contribution in [-0.4, -0.2) is 41.3 Å². The van der Waals surface area contributed by atoms with Gasteiger partial charge in [0.1, 0.15) is 16.5 Å². The van der Waals surface area contributed by atoms with Crippen LogP contribution >= 0.6 is 23.2 Å². The summed E-state index contributed by atoms with van der Waals surface area (Å²) in [4.78, 5) is 8.69. The summed E-state index contributed by atoms with van der Waals surface area (Å²) in [6.45, 7) is 6.08. The second-order valence-electron chi connectivity index (χ2n) is 6.40. The van der Waals surface area contributed by atoms with Crippen molar-refractivity contribution in [2.75, 3.05) is 18.4 Å². The number of benzene rings is 1. The molecule has 154 valence electrons. The zero-order chi connectivity index (χ0) is 21.2. The molecule has 3 aromatic rings. The van der Waals surface area contributed by atoms with Crippen molar-refractivity contribution in [3.63, 3.8) is 0 Å². The van der Waals surface area contributed by atoms with Gasteiger partial charge in [-0.25, -0.2) is 27.8 Å². The Kier molecular flexibility index (Phi) is 6.42. The summed E-state index contributed by atoms with van der Waals surface area (Å²) in [7, 11) is -3.78. The highest BCUT2D eigenvalue weighted by atomic mass is 35.5. The summed E-state index contributed by atoms with van der Waals surface area (Å²) < 4.78 is 29.1. The molecule has 0 aliphatic rings. The number of aromatic nitrogens is 4. The molecule has 0 bridgehead atoms. The predicted molar refractivity (Wildman–Crippen MR) is 114 cm³/mol. The first-order chi connectivity index (χ1) is 13.7. The standard InChI is InChI=1S/C18H20Cl2N6O2S/c1-11-8-12(2)26(25-11)18-10-17(23-13(3)24-18)21-6-7-22-29(27,28)16-9-14(19)4-5-15(16)20/h4-5,8-10,22H,6-7H2,1-3H3,(H,21,23,24). The Morgan fingerprint density at radius 1 is 1.03 bits per heavy atom. The van der Waals surface area contributed by atoms with Gasteiger partial charge in [0.15, 0.2) is 5.82 Å². The topological polar surface area (TPSA) is 102 Å². The number of nitrogens with one attached hydrogen (secondary N) is 2. The molecule has 0 saturated heterocycles. The Labute approximate surface area is 179 Å². The molecule has 8 nitrogen and oxygen atoms in total. The summed E-state index contributed by atoms with van der Waals surface area (Å²) in [5.41, 5.74) is 1.85. The zero-order valence-electron chi connectivity index (χ0n) is 16.1. The van der Waals surface area contributed by atoms with Crippen molar-refractivity contribution in [1.29, 1.82) is 0 Å². The zero-order valence-corrected chi connectivity index (χ0v) is 18.4. The van der Waals surface area contributed by atoms with Crippen LogP contribution < -0.4 is 10.0 Å². The van der Waals surface area contributed by atoms with Crippen LogP contribution in [-0.2, 0) is 10.0 Å². The lowest BCUT2D eigenvalue weighted by molar-refractivity contribution is 0.583. The average molecular weight is 455 g/mol. The van der Waals surface area contributed by atoms with Gasteiger partial charge in [0.05, 0.1) is 10.7 Å². The van der Waals surface area contributed by atoms with Crippen molar-refractivity contribution in [3.05, 3.63) is 57.6 Å². The van der Waals surface area contributed by atoms with Crippen LogP contribution in [0.5, 0.6) is 0 Å². The van der Waals surface area contributed by atoms with Gasteiger partial charge in [-0.15, -0.1) is 0 Å². The molecule has 0 amide bonds. The van der Waals surface area contributed by atoms with Crippen molar-refractivity contribution in [2.24, 2.45) is 0 Å². The Bertz CT molecular complexity index is 1150. The molecule has 0 atom stereocenters. The lowest BCUT2D eigenvalue weighted by Crippen LogP contribution is -2.29. The van der Waals surface area contributed by atoms with Crippen molar-refractivity contribution in [2.45, 2.75) is 25.7 Å². The van der Waals surface area contributed by atoms with Gasteiger partial charge in [0, 0.05) is 29.9 Å². The van der Waals surface area contributed by atoms with Crippen LogP contribution in [0.4, 0.5) is 5.82 Å². The van der Waals surface area contributed by atoms with Gasteiger partial charge in [-0.05, 0) is 45.0 Å². The summed E-state index contributed by atoms with van der Waals surface area (Å²) in [6, 6.07) is 8.01. The predicted octanol–water partition coefficient (Wildman–Crippen LogP) is 3.28. The van der Waals surface area contributed by atoms with Gasteiger partial charge < -0.3 is 5.32 Å². The second kappa shape index (κ2) is 8.66. The van der Waals surface area contributed by atoms with E-state index in [1.807, 2.05) is 19.9 Å². The van der Waals surface area contributed by atoms with Crippen LogP contribution in [0.3, 0.4) is 0 Å². The summed E-state index contributed by atoms with van der Waals surface area (Å²) in [5, 5.41) is 7.92. The molecule has 2 aromatic heterocycles. The first-order valence-electron chi connectivity index (χ1n) is 8.73. The van der Waals surface area contributed by atoms with Crippen molar-refractivity contribution < 1.29 is 8.42 Å². The minimum atomic E-state index is -3.78. The molecule has 0 spiro atoms. The van der Waals surface area contributed by atoms with Gasteiger partial charge in [0.25, 0.3) is 0 Å². The fourth-order valence-electron chi connectivity index (χ4n) is 2.75. The first kappa shape index (κ1) is 21.5. The smallest absolute Gasteiger partial charge is 0.242 e. The number of hydrogen-bond acceptors (Lipinski definition) is 6. The van der Waals surface area contributed by atoms with E-state index in [1.165, 1.54) is 18.2 Å². The van der Waals surface area contributed by atoms with E-state index in [1.54, 1.807) is 17.7 Å². The highest BCUT2D eigenvalue weighted by Crippen LogP contribution is 2.24. The number of aryl methyl sites for hydroxylation is 3. The third-order valence-corrected chi connectivity index (χ3v) is 6.13. The minimum absolute atomic E-state index is 0.0589. The average Bonchev–Trinajstić information content (AvgIpc) is 2.98. The van der Waals surface area contributed by atoms with E-state index >= 15 is 0 Å². The molecule has 29 heavy (non-hydrogen) atoms. The maximum absolute atomic E-state index is 12.4. The molecular weight excluding hydrogens is 435 g/mol. The number of rotatable bonds is 7. The van der Waals surface area contributed by atoms with Gasteiger partial charge in [-0.1, -0.05) is 23.2 Å². The maximum atomic E-state index is 12.4. The van der Waals surface area contributed by atoms with E-state index < -0.39 is 10.0 Å². The van der Waals surface area contributed by atoms with Crippen LogP contribution in [0.2, 0.25) is 10.0 Å². The summed E-state index contributed by atoms with van der Waals surface area (Å²) >= 11 is 11.9. The fourth-order valence-corrected chi connectivity index (χ4v) is 4.54. The number of nitrogens with zero attached hydrogens (tertiary/aromatic N) is 4. The van der Waals surface area contributed by atoms with Crippen molar-refractivity contribution in [3.8, 4) is 5.82 Å². The normalized spacial score (nSPS) is 11.6. The molecule has 3 rings (SSSR count). The van der Waals surface area contributed by atoms with Crippen molar-refractivity contribution in [1.82, 2.24) is 24.5 Å². The molecule has 0 unspecified atom stereocenters. The van der Waals surface area contributed by atoms with E-state index in [0.717, 1.165) is 11.4 Å². The Hall–Kier alpha value is -2.20. The number of halogens is 2. The van der Waals surface area contributed by atoms with E-state index in [9.17, 15) is 8.42 Å². The SMILES string of the molecule is Cc1cc(C)n(-c2cc(NCCNS(=O)(=O)c3cc(Cl)ccc3Cl)nc(C)n2)n1. The van der Waals surface area contributed by atoms with Crippen LogP contribution in [0, 0.1) is 20.8 Å². The molecule has 0 saturated carbocycles. The monoisotopic (exact) mass is 454 g/mol. The van der Waals surface area contributed by atoms with Crippen molar-refractivity contribution >= 4 is 39.0 Å². The van der Waals surface area contributed by atoms with Gasteiger partial charge in [-0.2, -0.15) is 5.10 Å². The highest BCUT2D eigenvalue weighted by molar-refractivity contribution is 7.89. The summed E-state index contributed by atoms with van der Waals surface area (Å²) in [5.74, 6) is 1.78. The van der Waals surface area contributed by atoms with Gasteiger partial charge >= 0.3 is 0 Å². The second-order valence-corrected chi connectivity index (χ2v) is 8.98. The number of sulfonamides is 1. The van der Waals surface area contributed by atoms with E-state index in [0.29, 0.717) is 29.0 Å². The first-order valence-corrected chi connectivity index (χ1v) is 11.0. The van der Waals surface area contributed by atoms with E-state index in [4.69, 9.17) is 23.2 Å². The largest absolute Gasteiger partial charge is 0.369 e. The fraction of sp³-hybridized carbons (Fsp3) is 0.278. The summed E-state index contributed by atoms with van der Waals surface area (Å²) in [6.07, 6.45) is 0. The third kappa shape index (κ3) is 5.24. The molecule has 1 aromatic carbocycles. The quantitative estimate of drug-likeness (QED) is 0.531.